The second-order valence-corrected chi connectivity index (χ2v) is 5.80. The molecular formula is C19H20N2O4. The van der Waals surface area contributed by atoms with E-state index in [1.54, 1.807) is 25.2 Å². The normalized spacial score (nSPS) is 10.9. The van der Waals surface area contributed by atoms with Crippen molar-refractivity contribution in [2.24, 2.45) is 7.05 Å². The summed E-state index contributed by atoms with van der Waals surface area (Å²) in [6.45, 7) is 1.07. The van der Waals surface area contributed by atoms with Crippen molar-refractivity contribution in [3.63, 3.8) is 0 Å². The van der Waals surface area contributed by atoms with Gasteiger partial charge in [-0.1, -0.05) is 30.3 Å². The molecule has 130 valence electrons. The lowest BCUT2D eigenvalue weighted by atomic mass is 10.2. The molecule has 0 saturated heterocycles. The fourth-order valence-corrected chi connectivity index (χ4v) is 2.53. The number of hydrogen-bond donors (Lipinski definition) is 1. The Kier molecular flexibility index (Phi) is 5.30. The highest BCUT2D eigenvalue weighted by molar-refractivity contribution is 5.92. The van der Waals surface area contributed by atoms with E-state index < -0.39 is 5.76 Å². The molecule has 0 saturated carbocycles. The van der Waals surface area contributed by atoms with Gasteiger partial charge >= 0.3 is 5.76 Å². The van der Waals surface area contributed by atoms with Gasteiger partial charge in [0.05, 0.1) is 12.1 Å². The van der Waals surface area contributed by atoms with Gasteiger partial charge in [0.15, 0.2) is 5.58 Å². The lowest BCUT2D eigenvalue weighted by molar-refractivity contribution is -0.116. The van der Waals surface area contributed by atoms with Crippen LogP contribution in [0.4, 0.5) is 5.69 Å². The third-order valence-electron chi connectivity index (χ3n) is 3.88. The van der Waals surface area contributed by atoms with Crippen LogP contribution in [0.5, 0.6) is 0 Å². The third-order valence-corrected chi connectivity index (χ3v) is 3.88. The van der Waals surface area contributed by atoms with E-state index in [1.165, 1.54) is 4.57 Å². The van der Waals surface area contributed by atoms with Crippen LogP contribution < -0.4 is 11.1 Å². The smallest absolute Gasteiger partial charge is 0.408 e. The Morgan fingerprint density at radius 3 is 2.80 bits per heavy atom. The zero-order valence-corrected chi connectivity index (χ0v) is 14.0. The number of amides is 1. The van der Waals surface area contributed by atoms with Crippen LogP contribution >= 0.6 is 0 Å². The molecule has 0 bridgehead atoms. The fraction of sp³-hybridized carbons (Fsp3) is 0.263. The van der Waals surface area contributed by atoms with Crippen molar-refractivity contribution >= 4 is 22.7 Å². The largest absolute Gasteiger partial charge is 0.419 e. The van der Waals surface area contributed by atoms with Crippen molar-refractivity contribution in [3.8, 4) is 0 Å². The average molecular weight is 340 g/mol. The number of carbonyl (C=O) groups is 1. The summed E-state index contributed by atoms with van der Waals surface area (Å²) in [6, 6.07) is 15.1. The van der Waals surface area contributed by atoms with E-state index in [1.807, 2.05) is 30.3 Å². The first kappa shape index (κ1) is 17.0. The number of oxazole rings is 1. The monoisotopic (exact) mass is 340 g/mol. The van der Waals surface area contributed by atoms with Gasteiger partial charge in [-0.3, -0.25) is 9.36 Å². The van der Waals surface area contributed by atoms with Gasteiger partial charge in [0.1, 0.15) is 0 Å². The van der Waals surface area contributed by atoms with Crippen LogP contribution in [0.1, 0.15) is 18.4 Å². The van der Waals surface area contributed by atoms with E-state index in [0.717, 1.165) is 5.56 Å². The second kappa shape index (κ2) is 7.81. The number of aromatic nitrogens is 1. The van der Waals surface area contributed by atoms with E-state index in [9.17, 15) is 9.59 Å². The molecule has 2 aromatic carbocycles. The Morgan fingerprint density at radius 2 is 2.00 bits per heavy atom. The molecule has 25 heavy (non-hydrogen) atoms. The summed E-state index contributed by atoms with van der Waals surface area (Å²) in [5.41, 5.74) is 2.87. The van der Waals surface area contributed by atoms with Crippen molar-refractivity contribution in [1.82, 2.24) is 4.57 Å². The van der Waals surface area contributed by atoms with Crippen molar-refractivity contribution < 1.29 is 13.9 Å². The maximum absolute atomic E-state index is 12.0. The summed E-state index contributed by atoms with van der Waals surface area (Å²) in [5.74, 6) is -0.519. The van der Waals surface area contributed by atoms with Gasteiger partial charge in [-0.2, -0.15) is 0 Å². The van der Waals surface area contributed by atoms with Gasteiger partial charge in [-0.05, 0) is 24.1 Å². The molecule has 3 rings (SSSR count). The topological polar surface area (TPSA) is 73.5 Å². The molecule has 0 aliphatic carbocycles. The first-order valence-corrected chi connectivity index (χ1v) is 8.14. The molecule has 1 aromatic heterocycles. The number of fused-ring (bicyclic) bond motifs is 1. The molecular weight excluding hydrogens is 320 g/mol. The van der Waals surface area contributed by atoms with Crippen molar-refractivity contribution in [2.45, 2.75) is 19.4 Å². The molecule has 1 heterocycles. The van der Waals surface area contributed by atoms with Crippen LogP contribution in [0.15, 0.2) is 57.7 Å². The average Bonchev–Trinajstić information content (AvgIpc) is 2.89. The van der Waals surface area contributed by atoms with Crippen LogP contribution in [0, 0.1) is 0 Å². The SMILES string of the molecule is Cn1c(=O)oc2cc(NC(=O)CCCOCc3ccccc3)ccc21. The summed E-state index contributed by atoms with van der Waals surface area (Å²) in [4.78, 5) is 23.5. The summed E-state index contributed by atoms with van der Waals surface area (Å²) in [7, 11) is 1.64. The Labute approximate surface area is 145 Å². The van der Waals surface area contributed by atoms with Gasteiger partial charge < -0.3 is 14.5 Å². The molecule has 0 aliphatic heterocycles. The second-order valence-electron chi connectivity index (χ2n) is 5.80. The van der Waals surface area contributed by atoms with Gasteiger partial charge in [-0.25, -0.2) is 4.79 Å². The predicted molar refractivity (Wildman–Crippen MR) is 95.4 cm³/mol. The van der Waals surface area contributed by atoms with Crippen molar-refractivity contribution in [3.05, 3.63) is 64.6 Å². The number of aryl methyl sites for hydroxylation is 1. The number of ether oxygens (including phenoxy) is 1. The number of carbonyl (C=O) groups excluding carboxylic acids is 1. The van der Waals surface area contributed by atoms with Crippen LogP contribution in [-0.4, -0.2) is 17.1 Å². The molecule has 0 aliphatic rings. The highest BCUT2D eigenvalue weighted by Gasteiger charge is 2.08. The molecule has 0 spiro atoms. The quantitative estimate of drug-likeness (QED) is 0.671. The summed E-state index contributed by atoms with van der Waals surface area (Å²) < 4.78 is 12.1. The lowest BCUT2D eigenvalue weighted by Crippen LogP contribution is -2.12. The number of nitrogens with one attached hydrogen (secondary N) is 1. The maximum atomic E-state index is 12.0. The van der Waals surface area contributed by atoms with Crippen LogP contribution in [0.2, 0.25) is 0 Å². The van der Waals surface area contributed by atoms with Gasteiger partial charge in [0.2, 0.25) is 5.91 Å². The predicted octanol–water partition coefficient (Wildman–Crippen LogP) is 3.07. The van der Waals surface area contributed by atoms with Crippen LogP contribution in [0.25, 0.3) is 11.1 Å². The first-order valence-electron chi connectivity index (χ1n) is 8.14. The molecule has 1 amide bonds. The molecule has 6 nitrogen and oxygen atoms in total. The standard InChI is InChI=1S/C19H20N2O4/c1-21-16-10-9-15(12-17(16)25-19(21)23)20-18(22)8-5-11-24-13-14-6-3-2-4-7-14/h2-4,6-7,9-10,12H,5,8,11,13H2,1H3,(H,20,22). The number of anilines is 1. The summed E-state index contributed by atoms with van der Waals surface area (Å²) in [6.07, 6.45) is 1.01. The highest BCUT2D eigenvalue weighted by atomic mass is 16.5. The molecule has 6 heteroatoms. The number of rotatable bonds is 7. The number of hydrogen-bond acceptors (Lipinski definition) is 4. The Hall–Kier alpha value is -2.86. The Morgan fingerprint density at radius 1 is 1.20 bits per heavy atom. The minimum Gasteiger partial charge on any atom is -0.408 e. The van der Waals surface area contributed by atoms with Gasteiger partial charge in [0, 0.05) is 31.8 Å². The Balaban J connectivity index is 1.44. The van der Waals surface area contributed by atoms with E-state index in [-0.39, 0.29) is 5.91 Å². The molecule has 0 atom stereocenters. The van der Waals surface area contributed by atoms with E-state index >= 15 is 0 Å². The zero-order chi connectivity index (χ0) is 17.6. The Bertz CT molecular complexity index is 912. The zero-order valence-electron chi connectivity index (χ0n) is 14.0. The van der Waals surface area contributed by atoms with Gasteiger partial charge in [0.25, 0.3) is 0 Å². The van der Waals surface area contributed by atoms with E-state index in [0.29, 0.717) is 42.8 Å². The van der Waals surface area contributed by atoms with E-state index in [4.69, 9.17) is 9.15 Å². The van der Waals surface area contributed by atoms with E-state index in [2.05, 4.69) is 5.32 Å². The lowest BCUT2D eigenvalue weighted by Gasteiger charge is -2.06. The van der Waals surface area contributed by atoms with Gasteiger partial charge in [-0.15, -0.1) is 0 Å². The molecule has 1 N–H and O–H groups in total. The van der Waals surface area contributed by atoms with Crippen LogP contribution in [0.3, 0.4) is 0 Å². The van der Waals surface area contributed by atoms with Crippen molar-refractivity contribution in [1.29, 1.82) is 0 Å². The number of benzene rings is 2. The molecule has 0 unspecified atom stereocenters. The van der Waals surface area contributed by atoms with Crippen molar-refractivity contribution in [2.75, 3.05) is 11.9 Å². The maximum Gasteiger partial charge on any atom is 0.419 e. The molecule has 3 aromatic rings. The summed E-state index contributed by atoms with van der Waals surface area (Å²) in [5, 5.41) is 2.81. The molecule has 0 fully saturated rings. The minimum absolute atomic E-state index is 0.0964. The third kappa shape index (κ3) is 4.36. The first-order chi connectivity index (χ1) is 12.1. The highest BCUT2D eigenvalue weighted by Crippen LogP contribution is 2.18. The summed E-state index contributed by atoms with van der Waals surface area (Å²) >= 11 is 0. The minimum atomic E-state index is -0.422. The fourth-order valence-electron chi connectivity index (χ4n) is 2.53. The number of nitrogens with zero attached hydrogens (tertiary/aromatic N) is 1. The van der Waals surface area contributed by atoms with Crippen LogP contribution in [-0.2, 0) is 23.2 Å². The molecule has 0 radical (unpaired) electrons.